The zero-order valence-electron chi connectivity index (χ0n) is 12.0. The number of aromatic nitrogens is 4. The van der Waals surface area contributed by atoms with Crippen LogP contribution in [-0.2, 0) is 7.05 Å². The van der Waals surface area contributed by atoms with Crippen molar-refractivity contribution in [1.82, 2.24) is 19.7 Å². The molecule has 108 valence electrons. The molecule has 0 saturated heterocycles. The van der Waals surface area contributed by atoms with Crippen molar-refractivity contribution in [1.29, 1.82) is 0 Å². The van der Waals surface area contributed by atoms with Crippen molar-refractivity contribution in [3.63, 3.8) is 0 Å². The zero-order valence-corrected chi connectivity index (χ0v) is 12.0. The molecule has 0 unspecified atom stereocenters. The molecule has 0 aliphatic rings. The molecule has 0 aliphatic heterocycles. The Balaban J connectivity index is 1.99. The van der Waals surface area contributed by atoms with Crippen molar-refractivity contribution in [2.75, 3.05) is 19.5 Å². The number of anilines is 2. The summed E-state index contributed by atoms with van der Waals surface area (Å²) in [6.45, 7) is 0. The highest BCUT2D eigenvalue weighted by Crippen LogP contribution is 2.31. The van der Waals surface area contributed by atoms with Crippen LogP contribution in [0.4, 0.5) is 11.5 Å². The van der Waals surface area contributed by atoms with Gasteiger partial charge in [0.15, 0.2) is 17.1 Å². The monoisotopic (exact) mass is 285 g/mol. The van der Waals surface area contributed by atoms with E-state index in [9.17, 15) is 0 Å². The van der Waals surface area contributed by atoms with Crippen LogP contribution < -0.4 is 14.8 Å². The number of methoxy groups -OCH3 is 2. The van der Waals surface area contributed by atoms with Crippen LogP contribution in [0.1, 0.15) is 0 Å². The van der Waals surface area contributed by atoms with E-state index in [1.807, 2.05) is 25.2 Å². The van der Waals surface area contributed by atoms with E-state index in [1.54, 1.807) is 25.1 Å². The maximum atomic E-state index is 5.29. The number of fused-ring (bicyclic) bond motifs is 1. The summed E-state index contributed by atoms with van der Waals surface area (Å²) in [6, 6.07) is 5.58. The summed E-state index contributed by atoms with van der Waals surface area (Å²) >= 11 is 0. The summed E-state index contributed by atoms with van der Waals surface area (Å²) in [5.74, 6) is 2.02. The Morgan fingerprint density at radius 2 is 1.90 bits per heavy atom. The Morgan fingerprint density at radius 1 is 1.10 bits per heavy atom. The molecular formula is C14H15N5O2. The molecule has 0 amide bonds. The second-order valence-corrected chi connectivity index (χ2v) is 4.42. The maximum absolute atomic E-state index is 5.29. The fraction of sp³-hybridized carbons (Fsp3) is 0.214. The molecule has 7 heteroatoms. The van der Waals surface area contributed by atoms with E-state index in [4.69, 9.17) is 9.47 Å². The van der Waals surface area contributed by atoms with Gasteiger partial charge in [-0.1, -0.05) is 0 Å². The van der Waals surface area contributed by atoms with Gasteiger partial charge in [0.1, 0.15) is 12.1 Å². The molecule has 0 aliphatic carbocycles. The SMILES string of the molecule is COc1ccc(Nc2ncnc3c2cnn3C)cc1OC. The Labute approximate surface area is 121 Å². The molecular weight excluding hydrogens is 270 g/mol. The van der Waals surface area contributed by atoms with Gasteiger partial charge in [-0.25, -0.2) is 9.97 Å². The second-order valence-electron chi connectivity index (χ2n) is 4.42. The summed E-state index contributed by atoms with van der Waals surface area (Å²) in [5.41, 5.74) is 1.62. The Morgan fingerprint density at radius 3 is 2.67 bits per heavy atom. The molecule has 21 heavy (non-hydrogen) atoms. The van der Waals surface area contributed by atoms with Crippen LogP contribution in [0.5, 0.6) is 11.5 Å². The van der Waals surface area contributed by atoms with Gasteiger partial charge in [-0.2, -0.15) is 5.10 Å². The molecule has 1 N–H and O–H groups in total. The van der Waals surface area contributed by atoms with Crippen LogP contribution in [0.2, 0.25) is 0 Å². The normalized spacial score (nSPS) is 10.6. The largest absolute Gasteiger partial charge is 0.493 e. The van der Waals surface area contributed by atoms with Gasteiger partial charge in [0, 0.05) is 18.8 Å². The number of benzene rings is 1. The van der Waals surface area contributed by atoms with Gasteiger partial charge < -0.3 is 14.8 Å². The number of rotatable bonds is 4. The maximum Gasteiger partial charge on any atom is 0.163 e. The Kier molecular flexibility index (Phi) is 3.31. The number of aryl methyl sites for hydroxylation is 1. The van der Waals surface area contributed by atoms with Crippen LogP contribution in [0.15, 0.2) is 30.7 Å². The highest BCUT2D eigenvalue weighted by Gasteiger charge is 2.09. The first-order valence-electron chi connectivity index (χ1n) is 6.34. The highest BCUT2D eigenvalue weighted by atomic mass is 16.5. The Bertz CT molecular complexity index is 784. The molecule has 3 rings (SSSR count). The van der Waals surface area contributed by atoms with Gasteiger partial charge in [-0.15, -0.1) is 0 Å². The second kappa shape index (κ2) is 5.28. The molecule has 0 radical (unpaired) electrons. The van der Waals surface area contributed by atoms with Crippen molar-refractivity contribution in [2.45, 2.75) is 0 Å². The summed E-state index contributed by atoms with van der Waals surface area (Å²) in [7, 11) is 5.05. The predicted octanol–water partition coefficient (Wildman–Crippen LogP) is 2.12. The minimum atomic E-state index is 0.652. The lowest BCUT2D eigenvalue weighted by Crippen LogP contribution is -1.98. The Hall–Kier alpha value is -2.83. The van der Waals surface area contributed by atoms with Crippen molar-refractivity contribution in [2.24, 2.45) is 7.05 Å². The van der Waals surface area contributed by atoms with Crippen molar-refractivity contribution in [3.05, 3.63) is 30.7 Å². The quantitative estimate of drug-likeness (QED) is 0.791. The standard InChI is InChI=1S/C14H15N5O2/c1-19-14-10(7-17-19)13(15-8-16-14)18-9-4-5-11(20-2)12(6-9)21-3/h4-8H,1-3H3,(H,15,16,18). The summed E-state index contributed by atoms with van der Waals surface area (Å²) < 4.78 is 12.2. The number of nitrogens with one attached hydrogen (secondary N) is 1. The zero-order chi connectivity index (χ0) is 14.8. The third-order valence-electron chi connectivity index (χ3n) is 3.18. The molecule has 1 aromatic carbocycles. The molecule has 3 aromatic rings. The van der Waals surface area contributed by atoms with Crippen LogP contribution in [0.3, 0.4) is 0 Å². The van der Waals surface area contributed by atoms with Crippen LogP contribution >= 0.6 is 0 Å². The van der Waals surface area contributed by atoms with Gasteiger partial charge >= 0.3 is 0 Å². The number of hydrogen-bond donors (Lipinski definition) is 1. The molecule has 2 heterocycles. The fourth-order valence-electron chi connectivity index (χ4n) is 2.11. The lowest BCUT2D eigenvalue weighted by atomic mass is 10.2. The minimum Gasteiger partial charge on any atom is -0.493 e. The number of nitrogens with zero attached hydrogens (tertiary/aromatic N) is 4. The van der Waals surface area contributed by atoms with E-state index >= 15 is 0 Å². The average Bonchev–Trinajstić information content (AvgIpc) is 2.90. The lowest BCUT2D eigenvalue weighted by molar-refractivity contribution is 0.355. The van der Waals surface area contributed by atoms with E-state index < -0.39 is 0 Å². The average molecular weight is 285 g/mol. The first-order valence-corrected chi connectivity index (χ1v) is 6.34. The molecule has 0 bridgehead atoms. The first kappa shape index (κ1) is 13.2. The van der Waals surface area contributed by atoms with Crippen LogP contribution in [0.25, 0.3) is 11.0 Å². The summed E-state index contributed by atoms with van der Waals surface area (Å²) in [4.78, 5) is 8.47. The van der Waals surface area contributed by atoms with Gasteiger partial charge in [-0.05, 0) is 12.1 Å². The lowest BCUT2D eigenvalue weighted by Gasteiger charge is -2.11. The molecule has 0 fully saturated rings. The van der Waals surface area contributed by atoms with E-state index in [0.29, 0.717) is 17.3 Å². The van der Waals surface area contributed by atoms with Gasteiger partial charge in [0.05, 0.1) is 25.8 Å². The van der Waals surface area contributed by atoms with Crippen molar-refractivity contribution >= 4 is 22.5 Å². The highest BCUT2D eigenvalue weighted by molar-refractivity contribution is 5.88. The number of ether oxygens (including phenoxy) is 2. The smallest absolute Gasteiger partial charge is 0.163 e. The van der Waals surface area contributed by atoms with Crippen LogP contribution in [0, 0.1) is 0 Å². The topological polar surface area (TPSA) is 74.1 Å². The molecule has 0 saturated carbocycles. The first-order chi connectivity index (χ1) is 10.2. The summed E-state index contributed by atoms with van der Waals surface area (Å²) in [5, 5.41) is 8.29. The van der Waals surface area contributed by atoms with E-state index in [1.165, 1.54) is 6.33 Å². The molecule has 2 aromatic heterocycles. The molecule has 0 atom stereocenters. The third-order valence-corrected chi connectivity index (χ3v) is 3.18. The van der Waals surface area contributed by atoms with Crippen molar-refractivity contribution in [3.8, 4) is 11.5 Å². The van der Waals surface area contributed by atoms with Gasteiger partial charge in [0.2, 0.25) is 0 Å². The van der Waals surface area contributed by atoms with E-state index in [0.717, 1.165) is 16.7 Å². The minimum absolute atomic E-state index is 0.652. The van der Waals surface area contributed by atoms with Crippen LogP contribution in [-0.4, -0.2) is 34.0 Å². The van der Waals surface area contributed by atoms with Gasteiger partial charge in [-0.3, -0.25) is 4.68 Å². The number of hydrogen-bond acceptors (Lipinski definition) is 6. The predicted molar refractivity (Wildman–Crippen MR) is 79.1 cm³/mol. The van der Waals surface area contributed by atoms with E-state index in [-0.39, 0.29) is 0 Å². The summed E-state index contributed by atoms with van der Waals surface area (Å²) in [6.07, 6.45) is 3.24. The molecule has 0 spiro atoms. The third kappa shape index (κ3) is 2.33. The van der Waals surface area contributed by atoms with Crippen molar-refractivity contribution < 1.29 is 9.47 Å². The van der Waals surface area contributed by atoms with Gasteiger partial charge in [0.25, 0.3) is 0 Å². The van der Waals surface area contributed by atoms with E-state index in [2.05, 4.69) is 20.4 Å². The molecule has 7 nitrogen and oxygen atoms in total. The fourth-order valence-corrected chi connectivity index (χ4v) is 2.11.